The summed E-state index contributed by atoms with van der Waals surface area (Å²) in [6.07, 6.45) is 1.84. The standard InChI is InChI=1S/C29H28N2/c1-19-15-21(11-13-27(19)30)17-29(18-22-12-14-28(31)20(2)16-22)25-9-5-3-7-23(25)24-8-4-6-10-26(24)29/h3-16H,17-18,30-31H2,1-2H3. The minimum absolute atomic E-state index is 0.141. The first-order valence-electron chi connectivity index (χ1n) is 10.9. The zero-order valence-electron chi connectivity index (χ0n) is 18.2. The number of nitrogen functional groups attached to an aromatic ring is 2. The molecule has 0 amide bonds. The number of fused-ring (bicyclic) bond motifs is 3. The smallest absolute Gasteiger partial charge is 0.0343 e. The van der Waals surface area contributed by atoms with Gasteiger partial charge in [-0.2, -0.15) is 0 Å². The Bertz CT molecular complexity index is 1180. The molecule has 0 saturated heterocycles. The average molecular weight is 405 g/mol. The number of hydrogen-bond donors (Lipinski definition) is 2. The molecule has 0 heterocycles. The summed E-state index contributed by atoms with van der Waals surface area (Å²) in [5, 5.41) is 0. The van der Waals surface area contributed by atoms with Gasteiger partial charge in [-0.15, -0.1) is 0 Å². The van der Waals surface area contributed by atoms with Crippen molar-refractivity contribution in [3.05, 3.63) is 118 Å². The molecule has 4 N–H and O–H groups in total. The zero-order chi connectivity index (χ0) is 21.6. The van der Waals surface area contributed by atoms with E-state index in [2.05, 4.69) is 86.6 Å². The summed E-state index contributed by atoms with van der Waals surface area (Å²) in [6.45, 7) is 4.18. The van der Waals surface area contributed by atoms with Crippen LogP contribution >= 0.6 is 0 Å². The number of anilines is 2. The van der Waals surface area contributed by atoms with E-state index >= 15 is 0 Å². The molecule has 0 fully saturated rings. The molecular formula is C29H28N2. The number of benzene rings is 4. The number of nitrogens with two attached hydrogens (primary N) is 2. The van der Waals surface area contributed by atoms with E-state index in [0.29, 0.717) is 0 Å². The molecule has 0 saturated carbocycles. The van der Waals surface area contributed by atoms with Gasteiger partial charge in [0, 0.05) is 16.8 Å². The fraction of sp³-hybridized carbons (Fsp3) is 0.172. The fourth-order valence-corrected chi connectivity index (χ4v) is 5.25. The van der Waals surface area contributed by atoms with Gasteiger partial charge in [-0.05, 0) is 83.3 Å². The van der Waals surface area contributed by atoms with E-state index in [-0.39, 0.29) is 5.41 Å². The van der Waals surface area contributed by atoms with Crippen molar-refractivity contribution in [3.8, 4) is 11.1 Å². The third-order valence-corrected chi connectivity index (χ3v) is 6.86. The summed E-state index contributed by atoms with van der Waals surface area (Å²) >= 11 is 0. The van der Waals surface area contributed by atoms with Crippen LogP contribution in [0.1, 0.15) is 33.4 Å². The van der Waals surface area contributed by atoms with Crippen LogP contribution in [-0.2, 0) is 18.3 Å². The normalized spacial score (nSPS) is 13.6. The van der Waals surface area contributed by atoms with Crippen molar-refractivity contribution in [2.75, 3.05) is 11.5 Å². The Morgan fingerprint density at radius 2 is 1.00 bits per heavy atom. The lowest BCUT2D eigenvalue weighted by Gasteiger charge is -2.33. The molecule has 0 bridgehead atoms. The highest BCUT2D eigenvalue weighted by Gasteiger charge is 2.43. The second-order valence-electron chi connectivity index (χ2n) is 8.91. The maximum Gasteiger partial charge on any atom is 0.0343 e. The van der Waals surface area contributed by atoms with E-state index < -0.39 is 0 Å². The van der Waals surface area contributed by atoms with E-state index in [4.69, 9.17) is 11.5 Å². The van der Waals surface area contributed by atoms with Crippen molar-refractivity contribution >= 4 is 11.4 Å². The lowest BCUT2D eigenvalue weighted by Crippen LogP contribution is -2.31. The largest absolute Gasteiger partial charge is 0.399 e. The third kappa shape index (κ3) is 3.19. The lowest BCUT2D eigenvalue weighted by molar-refractivity contribution is 0.520. The van der Waals surface area contributed by atoms with Crippen LogP contribution in [0.25, 0.3) is 11.1 Å². The molecule has 0 atom stereocenters. The van der Waals surface area contributed by atoms with E-state index in [1.807, 2.05) is 12.1 Å². The molecule has 5 rings (SSSR count). The molecule has 2 nitrogen and oxygen atoms in total. The monoisotopic (exact) mass is 404 g/mol. The van der Waals surface area contributed by atoms with Gasteiger partial charge >= 0.3 is 0 Å². The van der Waals surface area contributed by atoms with E-state index in [1.165, 1.54) is 33.4 Å². The van der Waals surface area contributed by atoms with Gasteiger partial charge in [-0.1, -0.05) is 72.8 Å². The minimum Gasteiger partial charge on any atom is -0.399 e. The third-order valence-electron chi connectivity index (χ3n) is 6.86. The summed E-state index contributed by atoms with van der Waals surface area (Å²) in [5.41, 5.74) is 24.2. The zero-order valence-corrected chi connectivity index (χ0v) is 18.2. The van der Waals surface area contributed by atoms with Gasteiger partial charge in [0.1, 0.15) is 0 Å². The molecule has 2 heteroatoms. The van der Waals surface area contributed by atoms with E-state index in [0.717, 1.165) is 35.3 Å². The van der Waals surface area contributed by atoms with Crippen LogP contribution in [0, 0.1) is 13.8 Å². The second-order valence-corrected chi connectivity index (χ2v) is 8.91. The number of hydrogen-bond acceptors (Lipinski definition) is 2. The van der Waals surface area contributed by atoms with Crippen molar-refractivity contribution in [2.45, 2.75) is 32.1 Å². The summed E-state index contributed by atoms with van der Waals surface area (Å²) < 4.78 is 0. The van der Waals surface area contributed by atoms with Crippen LogP contribution in [-0.4, -0.2) is 0 Å². The minimum atomic E-state index is -0.141. The van der Waals surface area contributed by atoms with Gasteiger partial charge < -0.3 is 11.5 Å². The van der Waals surface area contributed by atoms with Gasteiger partial charge in [0.25, 0.3) is 0 Å². The molecule has 0 radical (unpaired) electrons. The van der Waals surface area contributed by atoms with Crippen molar-refractivity contribution < 1.29 is 0 Å². The Labute approximate surface area is 184 Å². The first kappa shape index (κ1) is 19.4. The van der Waals surface area contributed by atoms with E-state index in [1.54, 1.807) is 0 Å². The highest BCUT2D eigenvalue weighted by Crippen LogP contribution is 2.52. The molecule has 0 spiro atoms. The molecule has 0 unspecified atom stereocenters. The molecule has 1 aliphatic rings. The van der Waals surface area contributed by atoms with Gasteiger partial charge in [0.15, 0.2) is 0 Å². The quantitative estimate of drug-likeness (QED) is 0.397. The number of rotatable bonds is 4. The topological polar surface area (TPSA) is 52.0 Å². The first-order chi connectivity index (χ1) is 15.0. The molecule has 4 aromatic carbocycles. The molecule has 0 aromatic heterocycles. The van der Waals surface area contributed by atoms with Crippen LogP contribution in [0.15, 0.2) is 84.9 Å². The van der Waals surface area contributed by atoms with Crippen molar-refractivity contribution in [3.63, 3.8) is 0 Å². The Morgan fingerprint density at radius 1 is 0.581 bits per heavy atom. The van der Waals surface area contributed by atoms with Gasteiger partial charge in [0.2, 0.25) is 0 Å². The Kier molecular flexibility index (Phi) is 4.59. The van der Waals surface area contributed by atoms with Crippen molar-refractivity contribution in [1.82, 2.24) is 0 Å². The van der Waals surface area contributed by atoms with Gasteiger partial charge in [-0.3, -0.25) is 0 Å². The maximum atomic E-state index is 6.13. The van der Waals surface area contributed by atoms with E-state index in [9.17, 15) is 0 Å². The van der Waals surface area contributed by atoms with Gasteiger partial charge in [0.05, 0.1) is 0 Å². The highest BCUT2D eigenvalue weighted by molar-refractivity contribution is 5.81. The lowest BCUT2D eigenvalue weighted by atomic mass is 9.69. The van der Waals surface area contributed by atoms with Crippen molar-refractivity contribution in [2.24, 2.45) is 0 Å². The molecule has 4 aromatic rings. The second kappa shape index (κ2) is 7.31. The van der Waals surface area contributed by atoms with Crippen LogP contribution in [0.4, 0.5) is 11.4 Å². The van der Waals surface area contributed by atoms with Gasteiger partial charge in [-0.25, -0.2) is 0 Å². The first-order valence-corrected chi connectivity index (χ1v) is 10.9. The highest BCUT2D eigenvalue weighted by atomic mass is 14.6. The van der Waals surface area contributed by atoms with Crippen LogP contribution in [0.5, 0.6) is 0 Å². The fourth-order valence-electron chi connectivity index (χ4n) is 5.25. The molecule has 154 valence electrons. The Hall–Kier alpha value is -3.52. The predicted octanol–water partition coefficient (Wildman–Crippen LogP) is 6.22. The maximum absolute atomic E-state index is 6.13. The van der Waals surface area contributed by atoms with Crippen LogP contribution in [0.2, 0.25) is 0 Å². The number of aryl methyl sites for hydroxylation is 2. The summed E-state index contributed by atoms with van der Waals surface area (Å²) in [5.74, 6) is 0. The molecule has 0 aliphatic heterocycles. The van der Waals surface area contributed by atoms with Crippen LogP contribution < -0.4 is 11.5 Å². The Morgan fingerprint density at radius 3 is 1.42 bits per heavy atom. The Balaban J connectivity index is 1.73. The SMILES string of the molecule is Cc1cc(CC2(Cc3ccc(N)c(C)c3)c3ccccc3-c3ccccc32)ccc1N. The molecular weight excluding hydrogens is 376 g/mol. The average Bonchev–Trinajstić information content (AvgIpc) is 3.04. The predicted molar refractivity (Wildman–Crippen MR) is 131 cm³/mol. The van der Waals surface area contributed by atoms with Crippen molar-refractivity contribution in [1.29, 1.82) is 0 Å². The summed E-state index contributed by atoms with van der Waals surface area (Å²) in [6, 6.07) is 30.7. The molecule has 31 heavy (non-hydrogen) atoms. The van der Waals surface area contributed by atoms with Crippen LogP contribution in [0.3, 0.4) is 0 Å². The molecule has 1 aliphatic carbocycles. The summed E-state index contributed by atoms with van der Waals surface area (Å²) in [7, 11) is 0. The summed E-state index contributed by atoms with van der Waals surface area (Å²) in [4.78, 5) is 0.